The molecule has 1 aromatic carbocycles. The summed E-state index contributed by atoms with van der Waals surface area (Å²) < 4.78 is 0. The summed E-state index contributed by atoms with van der Waals surface area (Å²) in [4.78, 5) is 1.81. The highest BCUT2D eigenvalue weighted by Gasteiger charge is 2.08. The van der Waals surface area contributed by atoms with Gasteiger partial charge in [-0.2, -0.15) is 0 Å². The quantitative estimate of drug-likeness (QED) is 0.692. The van der Waals surface area contributed by atoms with Crippen molar-refractivity contribution < 1.29 is 5.11 Å². The molecule has 1 atom stereocenters. The third-order valence-corrected chi connectivity index (χ3v) is 2.11. The van der Waals surface area contributed by atoms with Crippen molar-refractivity contribution in [2.75, 3.05) is 24.3 Å². The average Bonchev–Trinajstić information content (AvgIpc) is 2.16. The number of rotatable bonds is 3. The molecule has 1 unspecified atom stereocenters. The molecule has 72 valence electrons. The Morgan fingerprint density at radius 1 is 1.38 bits per heavy atom. The van der Waals surface area contributed by atoms with E-state index in [2.05, 4.69) is 5.32 Å². The number of hydrogen-bond acceptors (Lipinski definition) is 3. The fraction of sp³-hybridized carbons (Fsp3) is 0.400. The topological polar surface area (TPSA) is 35.5 Å². The van der Waals surface area contributed by atoms with E-state index in [-0.39, 0.29) is 0 Å². The van der Waals surface area contributed by atoms with Crippen molar-refractivity contribution in [1.82, 2.24) is 0 Å². The average molecular weight is 180 g/mol. The van der Waals surface area contributed by atoms with Crippen LogP contribution in [0.2, 0.25) is 0 Å². The third kappa shape index (κ3) is 2.12. The zero-order valence-electron chi connectivity index (χ0n) is 8.28. The van der Waals surface area contributed by atoms with Crippen LogP contribution in [-0.2, 0) is 0 Å². The van der Waals surface area contributed by atoms with Gasteiger partial charge in [0.2, 0.25) is 0 Å². The Bertz CT molecular complexity index is 273. The molecule has 0 aliphatic carbocycles. The Kier molecular flexibility index (Phi) is 3.14. The second-order valence-electron chi connectivity index (χ2n) is 3.01. The number of nitrogens with one attached hydrogen (secondary N) is 1. The minimum absolute atomic E-state index is 0.477. The van der Waals surface area contributed by atoms with Gasteiger partial charge in [-0.25, -0.2) is 0 Å². The van der Waals surface area contributed by atoms with Crippen molar-refractivity contribution in [2.45, 2.75) is 13.2 Å². The molecule has 0 aliphatic rings. The molecule has 0 aromatic heterocycles. The van der Waals surface area contributed by atoms with Gasteiger partial charge in [0, 0.05) is 14.1 Å². The van der Waals surface area contributed by atoms with Crippen molar-refractivity contribution in [1.29, 1.82) is 0 Å². The van der Waals surface area contributed by atoms with E-state index in [1.807, 2.05) is 43.3 Å². The van der Waals surface area contributed by atoms with Crippen LogP contribution in [0.4, 0.5) is 11.4 Å². The zero-order valence-corrected chi connectivity index (χ0v) is 8.28. The molecule has 0 aliphatic heterocycles. The summed E-state index contributed by atoms with van der Waals surface area (Å²) in [5.41, 5.74) is 2.02. The van der Waals surface area contributed by atoms with Gasteiger partial charge < -0.3 is 15.3 Å². The Morgan fingerprint density at radius 3 is 2.54 bits per heavy atom. The predicted octanol–water partition coefficient (Wildman–Crippen LogP) is 1.50. The second-order valence-corrected chi connectivity index (χ2v) is 3.01. The van der Waals surface area contributed by atoms with Gasteiger partial charge in [-0.3, -0.25) is 0 Å². The van der Waals surface area contributed by atoms with E-state index in [9.17, 15) is 5.11 Å². The van der Waals surface area contributed by atoms with Gasteiger partial charge in [-0.1, -0.05) is 12.1 Å². The minimum Gasteiger partial charge on any atom is -0.386 e. The van der Waals surface area contributed by atoms with Crippen LogP contribution in [0.1, 0.15) is 6.92 Å². The molecule has 0 radical (unpaired) electrons. The van der Waals surface area contributed by atoms with Gasteiger partial charge >= 0.3 is 0 Å². The SMILES string of the molecule is CNc1ccccc1N(C)C(C)O. The summed E-state index contributed by atoms with van der Waals surface area (Å²) in [6.07, 6.45) is -0.477. The molecule has 13 heavy (non-hydrogen) atoms. The molecule has 2 N–H and O–H groups in total. The number of para-hydroxylation sites is 2. The maximum atomic E-state index is 9.39. The van der Waals surface area contributed by atoms with Crippen LogP contribution in [0.25, 0.3) is 0 Å². The maximum Gasteiger partial charge on any atom is 0.123 e. The molecule has 1 aromatic rings. The molecular weight excluding hydrogens is 164 g/mol. The standard InChI is InChI=1S/C10H16N2O/c1-8(13)12(3)10-7-5-4-6-9(10)11-2/h4-8,11,13H,1-3H3. The van der Waals surface area contributed by atoms with Crippen LogP contribution in [0, 0.1) is 0 Å². The number of aliphatic hydroxyl groups excluding tert-OH is 1. The molecular formula is C10H16N2O. The van der Waals surface area contributed by atoms with Crippen molar-refractivity contribution in [3.8, 4) is 0 Å². The van der Waals surface area contributed by atoms with Crippen LogP contribution < -0.4 is 10.2 Å². The summed E-state index contributed by atoms with van der Waals surface area (Å²) in [5, 5.41) is 12.5. The first-order valence-electron chi connectivity index (χ1n) is 4.34. The number of hydrogen-bond donors (Lipinski definition) is 2. The van der Waals surface area contributed by atoms with E-state index >= 15 is 0 Å². The normalized spacial score (nSPS) is 12.3. The molecule has 0 heterocycles. The number of benzene rings is 1. The molecule has 0 saturated carbocycles. The number of anilines is 2. The van der Waals surface area contributed by atoms with Gasteiger partial charge in [0.1, 0.15) is 6.23 Å². The summed E-state index contributed by atoms with van der Waals surface area (Å²) in [5.74, 6) is 0. The van der Waals surface area contributed by atoms with Crippen molar-refractivity contribution in [3.05, 3.63) is 24.3 Å². The lowest BCUT2D eigenvalue weighted by Crippen LogP contribution is -2.28. The Balaban J connectivity index is 2.98. The van der Waals surface area contributed by atoms with E-state index in [1.54, 1.807) is 6.92 Å². The lowest BCUT2D eigenvalue weighted by molar-refractivity contribution is 0.195. The first-order chi connectivity index (χ1) is 6.16. The van der Waals surface area contributed by atoms with Gasteiger partial charge in [0.15, 0.2) is 0 Å². The Morgan fingerprint density at radius 2 is 2.00 bits per heavy atom. The van der Waals surface area contributed by atoms with Crippen LogP contribution >= 0.6 is 0 Å². The first-order valence-corrected chi connectivity index (χ1v) is 4.34. The monoisotopic (exact) mass is 180 g/mol. The molecule has 0 amide bonds. The van der Waals surface area contributed by atoms with Crippen LogP contribution in [0.3, 0.4) is 0 Å². The van der Waals surface area contributed by atoms with Gasteiger partial charge in [0.25, 0.3) is 0 Å². The highest BCUT2D eigenvalue weighted by molar-refractivity contribution is 5.69. The van der Waals surface area contributed by atoms with Crippen LogP contribution in [0.15, 0.2) is 24.3 Å². The summed E-state index contributed by atoms with van der Waals surface area (Å²) in [7, 11) is 3.73. The molecule has 0 fully saturated rings. The maximum absolute atomic E-state index is 9.39. The van der Waals surface area contributed by atoms with Crippen molar-refractivity contribution >= 4 is 11.4 Å². The van der Waals surface area contributed by atoms with E-state index in [0.717, 1.165) is 11.4 Å². The van der Waals surface area contributed by atoms with Crippen LogP contribution in [-0.4, -0.2) is 25.4 Å². The lowest BCUT2D eigenvalue weighted by Gasteiger charge is -2.24. The lowest BCUT2D eigenvalue weighted by atomic mass is 10.2. The molecule has 0 spiro atoms. The summed E-state index contributed by atoms with van der Waals surface area (Å²) in [6, 6.07) is 7.87. The Labute approximate surface area is 79.0 Å². The van der Waals surface area contributed by atoms with Crippen molar-refractivity contribution in [2.24, 2.45) is 0 Å². The molecule has 3 nitrogen and oxygen atoms in total. The highest BCUT2D eigenvalue weighted by Crippen LogP contribution is 2.24. The highest BCUT2D eigenvalue weighted by atomic mass is 16.3. The van der Waals surface area contributed by atoms with Gasteiger partial charge in [0.05, 0.1) is 11.4 Å². The summed E-state index contributed by atoms with van der Waals surface area (Å²) >= 11 is 0. The van der Waals surface area contributed by atoms with E-state index in [0.29, 0.717) is 0 Å². The van der Waals surface area contributed by atoms with E-state index in [1.165, 1.54) is 0 Å². The fourth-order valence-electron chi connectivity index (χ4n) is 1.19. The van der Waals surface area contributed by atoms with Crippen LogP contribution in [0.5, 0.6) is 0 Å². The van der Waals surface area contributed by atoms with Gasteiger partial charge in [-0.15, -0.1) is 0 Å². The number of nitrogens with zero attached hydrogens (tertiary/aromatic N) is 1. The molecule has 0 bridgehead atoms. The van der Waals surface area contributed by atoms with Crippen molar-refractivity contribution in [3.63, 3.8) is 0 Å². The first kappa shape index (κ1) is 9.86. The molecule has 3 heteroatoms. The molecule has 1 rings (SSSR count). The molecule has 0 saturated heterocycles. The fourth-order valence-corrected chi connectivity index (χ4v) is 1.19. The second kappa shape index (κ2) is 4.14. The minimum atomic E-state index is -0.477. The zero-order chi connectivity index (χ0) is 9.84. The largest absolute Gasteiger partial charge is 0.386 e. The predicted molar refractivity (Wildman–Crippen MR) is 56.1 cm³/mol. The third-order valence-electron chi connectivity index (χ3n) is 2.11. The van der Waals surface area contributed by atoms with E-state index < -0.39 is 6.23 Å². The van der Waals surface area contributed by atoms with Gasteiger partial charge in [-0.05, 0) is 19.1 Å². The smallest absolute Gasteiger partial charge is 0.123 e. The number of aliphatic hydroxyl groups is 1. The Hall–Kier alpha value is -1.22. The van der Waals surface area contributed by atoms with E-state index in [4.69, 9.17) is 0 Å². The summed E-state index contributed by atoms with van der Waals surface area (Å²) in [6.45, 7) is 1.74.